The zero-order valence-corrected chi connectivity index (χ0v) is 9.26. The third-order valence-electron chi connectivity index (χ3n) is 2.75. The molecule has 0 aliphatic heterocycles. The van der Waals surface area contributed by atoms with E-state index >= 15 is 0 Å². The van der Waals surface area contributed by atoms with Crippen LogP contribution in [-0.2, 0) is 6.54 Å². The van der Waals surface area contributed by atoms with Gasteiger partial charge in [0.1, 0.15) is 10.4 Å². The molecule has 0 bridgehead atoms. The molecule has 1 aliphatic carbocycles. The number of nitrogens with zero attached hydrogens (tertiary/aromatic N) is 1. The summed E-state index contributed by atoms with van der Waals surface area (Å²) in [6.45, 7) is 3.14. The molecule has 1 aromatic rings. The molecule has 0 saturated heterocycles. The first-order valence-electron chi connectivity index (χ1n) is 4.68. The Bertz CT molecular complexity index is 284. The summed E-state index contributed by atoms with van der Waals surface area (Å²) in [6.07, 6.45) is 4.46. The van der Waals surface area contributed by atoms with Crippen molar-refractivity contribution in [2.24, 2.45) is 5.92 Å². The second-order valence-corrected chi connectivity index (χ2v) is 4.57. The van der Waals surface area contributed by atoms with Crippen molar-refractivity contribution in [3.05, 3.63) is 16.6 Å². The molecule has 1 fully saturated rings. The minimum absolute atomic E-state index is 0.698. The van der Waals surface area contributed by atoms with E-state index < -0.39 is 0 Å². The molecule has 3 nitrogen and oxygen atoms in total. The zero-order chi connectivity index (χ0) is 9.26. The van der Waals surface area contributed by atoms with Crippen LogP contribution in [0.1, 0.15) is 25.6 Å². The summed E-state index contributed by atoms with van der Waals surface area (Å²) in [6, 6.07) is 0.698. The lowest BCUT2D eigenvalue weighted by atomic mass is 9.81. The van der Waals surface area contributed by atoms with E-state index in [0.717, 1.165) is 22.9 Å². The molecular weight excluding hydrogens is 230 g/mol. The van der Waals surface area contributed by atoms with Gasteiger partial charge in [-0.25, -0.2) is 4.98 Å². The minimum atomic E-state index is 0.698. The van der Waals surface area contributed by atoms with Gasteiger partial charge < -0.3 is 10.3 Å². The highest BCUT2D eigenvalue weighted by atomic mass is 79.9. The Labute approximate surface area is 86.5 Å². The van der Waals surface area contributed by atoms with Crippen LogP contribution in [0.4, 0.5) is 0 Å². The Morgan fingerprint density at radius 3 is 3.00 bits per heavy atom. The maximum Gasteiger partial charge on any atom is 0.120 e. The fourth-order valence-corrected chi connectivity index (χ4v) is 1.96. The molecule has 0 amide bonds. The minimum Gasteiger partial charge on any atom is -0.336 e. The largest absolute Gasteiger partial charge is 0.336 e. The van der Waals surface area contributed by atoms with E-state index in [-0.39, 0.29) is 0 Å². The molecule has 2 atom stereocenters. The first kappa shape index (κ1) is 9.21. The van der Waals surface area contributed by atoms with E-state index in [9.17, 15) is 0 Å². The molecule has 4 heteroatoms. The van der Waals surface area contributed by atoms with E-state index in [4.69, 9.17) is 0 Å². The van der Waals surface area contributed by atoms with Crippen LogP contribution in [-0.4, -0.2) is 16.0 Å². The number of aromatic nitrogens is 2. The maximum absolute atomic E-state index is 4.21. The van der Waals surface area contributed by atoms with Crippen LogP contribution in [0.2, 0.25) is 0 Å². The van der Waals surface area contributed by atoms with E-state index in [0.29, 0.717) is 6.04 Å². The summed E-state index contributed by atoms with van der Waals surface area (Å²) in [5, 5.41) is 3.48. The Balaban J connectivity index is 1.79. The van der Waals surface area contributed by atoms with Crippen molar-refractivity contribution < 1.29 is 0 Å². The molecule has 2 N–H and O–H groups in total. The average molecular weight is 244 g/mol. The van der Waals surface area contributed by atoms with Crippen LogP contribution in [0.5, 0.6) is 0 Å². The lowest BCUT2D eigenvalue weighted by molar-refractivity contribution is 0.227. The third-order valence-corrected chi connectivity index (χ3v) is 3.15. The molecule has 1 aromatic heterocycles. The average Bonchev–Trinajstić information content (AvgIpc) is 2.49. The molecule has 13 heavy (non-hydrogen) atoms. The third kappa shape index (κ3) is 2.11. The Morgan fingerprint density at radius 1 is 1.69 bits per heavy atom. The van der Waals surface area contributed by atoms with Crippen molar-refractivity contribution in [1.82, 2.24) is 15.3 Å². The molecule has 72 valence electrons. The molecule has 1 aliphatic rings. The lowest BCUT2D eigenvalue weighted by Crippen LogP contribution is -2.42. The molecule has 1 saturated carbocycles. The number of hydrogen-bond donors (Lipinski definition) is 2. The Kier molecular flexibility index (Phi) is 2.69. The van der Waals surface area contributed by atoms with Gasteiger partial charge in [-0.2, -0.15) is 0 Å². The van der Waals surface area contributed by atoms with Crippen molar-refractivity contribution in [3.8, 4) is 0 Å². The number of imidazole rings is 1. The Morgan fingerprint density at radius 2 is 2.54 bits per heavy atom. The van der Waals surface area contributed by atoms with E-state index in [2.05, 4.69) is 38.1 Å². The normalized spacial score (nSPS) is 27.2. The molecular formula is C9H14BrN3. The summed E-state index contributed by atoms with van der Waals surface area (Å²) >= 11 is 3.34. The summed E-state index contributed by atoms with van der Waals surface area (Å²) < 4.78 is 0.950. The van der Waals surface area contributed by atoms with Gasteiger partial charge in [0.25, 0.3) is 0 Å². The number of rotatable bonds is 3. The van der Waals surface area contributed by atoms with Crippen LogP contribution in [0.3, 0.4) is 0 Å². The highest BCUT2D eigenvalue weighted by Crippen LogP contribution is 2.26. The topological polar surface area (TPSA) is 40.7 Å². The lowest BCUT2D eigenvalue weighted by Gasteiger charge is -2.34. The quantitative estimate of drug-likeness (QED) is 0.854. The monoisotopic (exact) mass is 243 g/mol. The number of halogens is 1. The van der Waals surface area contributed by atoms with Gasteiger partial charge in [-0.05, 0) is 34.7 Å². The van der Waals surface area contributed by atoms with Gasteiger partial charge in [-0.3, -0.25) is 0 Å². The van der Waals surface area contributed by atoms with Gasteiger partial charge in [0.15, 0.2) is 0 Å². The zero-order valence-electron chi connectivity index (χ0n) is 7.68. The van der Waals surface area contributed by atoms with E-state index in [1.54, 1.807) is 6.20 Å². The maximum atomic E-state index is 4.21. The fraction of sp³-hybridized carbons (Fsp3) is 0.667. The van der Waals surface area contributed by atoms with Crippen LogP contribution >= 0.6 is 15.9 Å². The summed E-state index contributed by atoms with van der Waals surface area (Å²) in [7, 11) is 0. The number of aromatic amines is 1. The summed E-state index contributed by atoms with van der Waals surface area (Å²) in [5.41, 5.74) is 0. The summed E-state index contributed by atoms with van der Waals surface area (Å²) in [4.78, 5) is 7.34. The number of nitrogens with one attached hydrogen (secondary N) is 2. The molecule has 0 aromatic carbocycles. The number of H-pyrrole nitrogens is 1. The van der Waals surface area contributed by atoms with Gasteiger partial charge in [-0.15, -0.1) is 0 Å². The molecule has 2 unspecified atom stereocenters. The predicted molar refractivity (Wildman–Crippen MR) is 55.3 cm³/mol. The first-order chi connectivity index (χ1) is 6.25. The standard InChI is InChI=1S/C9H14BrN3/c1-6-2-3-7(6)11-5-9-12-4-8(10)13-9/h4,6-7,11H,2-3,5H2,1H3,(H,12,13). The highest BCUT2D eigenvalue weighted by molar-refractivity contribution is 9.10. The van der Waals surface area contributed by atoms with Crippen LogP contribution in [0, 0.1) is 5.92 Å². The van der Waals surface area contributed by atoms with Crippen molar-refractivity contribution >= 4 is 15.9 Å². The fourth-order valence-electron chi connectivity index (χ4n) is 1.62. The van der Waals surface area contributed by atoms with Gasteiger partial charge in [-0.1, -0.05) is 6.92 Å². The number of hydrogen-bond acceptors (Lipinski definition) is 2. The molecule has 2 rings (SSSR count). The van der Waals surface area contributed by atoms with Crippen LogP contribution in [0.15, 0.2) is 10.8 Å². The highest BCUT2D eigenvalue weighted by Gasteiger charge is 2.25. The van der Waals surface area contributed by atoms with Gasteiger partial charge in [0, 0.05) is 6.04 Å². The SMILES string of the molecule is CC1CCC1NCc1ncc(Br)[nH]1. The molecule has 0 spiro atoms. The van der Waals surface area contributed by atoms with Crippen molar-refractivity contribution in [2.45, 2.75) is 32.4 Å². The van der Waals surface area contributed by atoms with Crippen LogP contribution in [0.25, 0.3) is 0 Å². The second kappa shape index (κ2) is 3.80. The summed E-state index contributed by atoms with van der Waals surface area (Å²) in [5.74, 6) is 1.84. The molecule has 1 heterocycles. The second-order valence-electron chi connectivity index (χ2n) is 3.72. The molecule has 0 radical (unpaired) electrons. The van der Waals surface area contributed by atoms with Gasteiger partial charge in [0.2, 0.25) is 0 Å². The van der Waals surface area contributed by atoms with Crippen LogP contribution < -0.4 is 5.32 Å². The van der Waals surface area contributed by atoms with Crippen molar-refractivity contribution in [1.29, 1.82) is 0 Å². The van der Waals surface area contributed by atoms with Gasteiger partial charge >= 0.3 is 0 Å². The first-order valence-corrected chi connectivity index (χ1v) is 5.48. The van der Waals surface area contributed by atoms with Crippen molar-refractivity contribution in [2.75, 3.05) is 0 Å². The van der Waals surface area contributed by atoms with Crippen molar-refractivity contribution in [3.63, 3.8) is 0 Å². The van der Waals surface area contributed by atoms with E-state index in [1.165, 1.54) is 12.8 Å². The van der Waals surface area contributed by atoms with E-state index in [1.807, 2.05) is 0 Å². The van der Waals surface area contributed by atoms with Gasteiger partial charge in [0.05, 0.1) is 12.7 Å². The predicted octanol–water partition coefficient (Wildman–Crippen LogP) is 2.06. The smallest absolute Gasteiger partial charge is 0.120 e. The Hall–Kier alpha value is -0.350.